The molecular formula is C12H15NO2S. The van der Waals surface area contributed by atoms with Crippen LogP contribution in [0.15, 0.2) is 24.3 Å². The molecule has 0 radical (unpaired) electrons. The monoisotopic (exact) mass is 237 g/mol. The van der Waals surface area contributed by atoms with Crippen LogP contribution in [0.25, 0.3) is 0 Å². The zero-order valence-electron chi connectivity index (χ0n) is 9.47. The highest BCUT2D eigenvalue weighted by Crippen LogP contribution is 2.25. The van der Waals surface area contributed by atoms with Gasteiger partial charge < -0.3 is 9.64 Å². The van der Waals surface area contributed by atoms with E-state index in [-0.39, 0.29) is 11.3 Å². The standard InChI is InChI=1S/C12H15NO2S/c1-9-13(7-8-16-9)12(14)10-3-5-11(15-2)6-4-10/h3-6,9H,7-8H2,1-2H3. The van der Waals surface area contributed by atoms with Crippen molar-refractivity contribution in [3.63, 3.8) is 0 Å². The third-order valence-electron chi connectivity index (χ3n) is 2.73. The topological polar surface area (TPSA) is 29.5 Å². The summed E-state index contributed by atoms with van der Waals surface area (Å²) < 4.78 is 5.07. The number of thioether (sulfide) groups is 1. The van der Waals surface area contributed by atoms with Crippen molar-refractivity contribution < 1.29 is 9.53 Å². The molecule has 1 aromatic rings. The fraction of sp³-hybridized carbons (Fsp3) is 0.417. The Labute approximate surface area is 99.8 Å². The molecule has 3 nitrogen and oxygen atoms in total. The van der Waals surface area contributed by atoms with Crippen molar-refractivity contribution in [1.82, 2.24) is 4.90 Å². The normalized spacial score (nSPS) is 19.9. The second-order valence-corrected chi connectivity index (χ2v) is 5.12. The molecule has 1 heterocycles. The molecule has 0 aliphatic carbocycles. The molecule has 1 saturated heterocycles. The number of nitrogens with zero attached hydrogens (tertiary/aromatic N) is 1. The van der Waals surface area contributed by atoms with Gasteiger partial charge in [0.1, 0.15) is 5.75 Å². The van der Waals surface area contributed by atoms with E-state index in [2.05, 4.69) is 6.92 Å². The Morgan fingerprint density at radius 1 is 1.44 bits per heavy atom. The molecule has 86 valence electrons. The van der Waals surface area contributed by atoms with Gasteiger partial charge in [-0.3, -0.25) is 4.79 Å². The molecule has 1 unspecified atom stereocenters. The van der Waals surface area contributed by atoms with Gasteiger partial charge in [-0.1, -0.05) is 0 Å². The zero-order chi connectivity index (χ0) is 11.5. The van der Waals surface area contributed by atoms with Gasteiger partial charge in [-0.25, -0.2) is 0 Å². The van der Waals surface area contributed by atoms with Crippen molar-refractivity contribution in [2.24, 2.45) is 0 Å². The molecule has 2 rings (SSSR count). The first-order valence-corrected chi connectivity index (χ1v) is 6.34. The molecule has 16 heavy (non-hydrogen) atoms. The predicted molar refractivity (Wildman–Crippen MR) is 66.0 cm³/mol. The third-order valence-corrected chi connectivity index (χ3v) is 3.88. The number of carbonyl (C=O) groups excluding carboxylic acids is 1. The molecule has 1 atom stereocenters. The lowest BCUT2D eigenvalue weighted by Gasteiger charge is -2.20. The fourth-order valence-electron chi connectivity index (χ4n) is 1.76. The summed E-state index contributed by atoms with van der Waals surface area (Å²) in [4.78, 5) is 14.0. The lowest BCUT2D eigenvalue weighted by atomic mass is 10.2. The summed E-state index contributed by atoms with van der Waals surface area (Å²) in [5.41, 5.74) is 0.732. The minimum atomic E-state index is 0.111. The van der Waals surface area contributed by atoms with Crippen LogP contribution in [-0.4, -0.2) is 35.6 Å². The molecule has 4 heteroatoms. The molecule has 1 fully saturated rings. The van der Waals surface area contributed by atoms with Crippen LogP contribution in [-0.2, 0) is 0 Å². The summed E-state index contributed by atoms with van der Waals surface area (Å²) in [6.45, 7) is 2.91. The van der Waals surface area contributed by atoms with E-state index in [0.29, 0.717) is 0 Å². The highest BCUT2D eigenvalue weighted by Gasteiger charge is 2.26. The average molecular weight is 237 g/mol. The van der Waals surface area contributed by atoms with Gasteiger partial charge in [-0.15, -0.1) is 11.8 Å². The SMILES string of the molecule is COc1ccc(C(=O)N2CCSC2C)cc1. The number of rotatable bonds is 2. The maximum absolute atomic E-state index is 12.1. The smallest absolute Gasteiger partial charge is 0.254 e. The quantitative estimate of drug-likeness (QED) is 0.790. The van der Waals surface area contributed by atoms with Gasteiger partial charge in [-0.2, -0.15) is 0 Å². The Morgan fingerprint density at radius 2 is 2.12 bits per heavy atom. The second-order valence-electron chi connectivity index (χ2n) is 3.70. The lowest BCUT2D eigenvalue weighted by Crippen LogP contribution is -2.33. The van der Waals surface area contributed by atoms with Crippen LogP contribution in [0.1, 0.15) is 17.3 Å². The molecule has 1 aromatic carbocycles. The highest BCUT2D eigenvalue weighted by atomic mass is 32.2. The Hall–Kier alpha value is -1.16. The zero-order valence-corrected chi connectivity index (χ0v) is 10.3. The molecule has 0 N–H and O–H groups in total. The Bertz CT molecular complexity index is 377. The summed E-state index contributed by atoms with van der Waals surface area (Å²) in [7, 11) is 1.62. The maximum atomic E-state index is 12.1. The van der Waals surface area contributed by atoms with Gasteiger partial charge in [0.05, 0.1) is 12.5 Å². The number of ether oxygens (including phenoxy) is 1. The van der Waals surface area contributed by atoms with Crippen LogP contribution in [0.4, 0.5) is 0 Å². The van der Waals surface area contributed by atoms with Crippen LogP contribution < -0.4 is 4.74 Å². The number of hydrogen-bond acceptors (Lipinski definition) is 3. The van der Waals surface area contributed by atoms with Crippen LogP contribution in [0, 0.1) is 0 Å². The summed E-state index contributed by atoms with van der Waals surface area (Å²) in [5.74, 6) is 1.92. The number of carbonyl (C=O) groups is 1. The van der Waals surface area contributed by atoms with Crippen molar-refractivity contribution in [1.29, 1.82) is 0 Å². The van der Waals surface area contributed by atoms with Crippen LogP contribution in [0.3, 0.4) is 0 Å². The molecule has 0 saturated carbocycles. The molecular weight excluding hydrogens is 222 g/mol. The van der Waals surface area contributed by atoms with E-state index in [1.165, 1.54) is 0 Å². The predicted octanol–water partition coefficient (Wildman–Crippen LogP) is 2.23. The van der Waals surface area contributed by atoms with Crippen molar-refractivity contribution in [2.75, 3.05) is 19.4 Å². The highest BCUT2D eigenvalue weighted by molar-refractivity contribution is 8.00. The van der Waals surface area contributed by atoms with Crippen LogP contribution in [0.2, 0.25) is 0 Å². The lowest BCUT2D eigenvalue weighted by molar-refractivity contribution is 0.0768. The first-order valence-electron chi connectivity index (χ1n) is 5.29. The van der Waals surface area contributed by atoms with Crippen LogP contribution in [0.5, 0.6) is 5.75 Å². The largest absolute Gasteiger partial charge is 0.497 e. The Kier molecular flexibility index (Phi) is 3.39. The average Bonchev–Trinajstić information content (AvgIpc) is 2.75. The van der Waals surface area contributed by atoms with E-state index in [0.717, 1.165) is 23.6 Å². The molecule has 0 spiro atoms. The Morgan fingerprint density at radius 3 is 2.62 bits per heavy atom. The summed E-state index contributed by atoms with van der Waals surface area (Å²) in [5, 5.41) is 0.287. The molecule has 1 amide bonds. The number of methoxy groups -OCH3 is 1. The van der Waals surface area contributed by atoms with Gasteiger partial charge in [-0.05, 0) is 31.2 Å². The molecule has 1 aliphatic heterocycles. The van der Waals surface area contributed by atoms with E-state index in [9.17, 15) is 4.79 Å². The first-order chi connectivity index (χ1) is 7.72. The maximum Gasteiger partial charge on any atom is 0.254 e. The van der Waals surface area contributed by atoms with Crippen molar-refractivity contribution in [3.05, 3.63) is 29.8 Å². The number of amides is 1. The summed E-state index contributed by atoms with van der Waals surface area (Å²) >= 11 is 1.82. The van der Waals surface area contributed by atoms with E-state index in [1.54, 1.807) is 7.11 Å². The van der Waals surface area contributed by atoms with E-state index in [1.807, 2.05) is 40.9 Å². The van der Waals surface area contributed by atoms with Gasteiger partial charge in [0, 0.05) is 17.9 Å². The van der Waals surface area contributed by atoms with Crippen molar-refractivity contribution >= 4 is 17.7 Å². The summed E-state index contributed by atoms with van der Waals surface area (Å²) in [6.07, 6.45) is 0. The van der Waals surface area contributed by atoms with Crippen LogP contribution >= 0.6 is 11.8 Å². The molecule has 0 aromatic heterocycles. The molecule has 0 bridgehead atoms. The van der Waals surface area contributed by atoms with Gasteiger partial charge in [0.25, 0.3) is 5.91 Å². The van der Waals surface area contributed by atoms with E-state index >= 15 is 0 Å². The molecule has 1 aliphatic rings. The number of benzene rings is 1. The van der Waals surface area contributed by atoms with Gasteiger partial charge >= 0.3 is 0 Å². The third kappa shape index (κ3) is 2.16. The van der Waals surface area contributed by atoms with Crippen molar-refractivity contribution in [2.45, 2.75) is 12.3 Å². The fourth-order valence-corrected chi connectivity index (χ4v) is 2.78. The second kappa shape index (κ2) is 4.78. The first kappa shape index (κ1) is 11.3. The van der Waals surface area contributed by atoms with Gasteiger partial charge in [0.15, 0.2) is 0 Å². The minimum absolute atomic E-state index is 0.111. The van der Waals surface area contributed by atoms with Crippen molar-refractivity contribution in [3.8, 4) is 5.75 Å². The Balaban J connectivity index is 2.14. The van der Waals surface area contributed by atoms with E-state index < -0.39 is 0 Å². The minimum Gasteiger partial charge on any atom is -0.497 e. The summed E-state index contributed by atoms with van der Waals surface area (Å²) in [6, 6.07) is 7.27. The number of hydrogen-bond donors (Lipinski definition) is 0. The van der Waals surface area contributed by atoms with Gasteiger partial charge in [0.2, 0.25) is 0 Å². The van der Waals surface area contributed by atoms with E-state index in [4.69, 9.17) is 4.74 Å².